The summed E-state index contributed by atoms with van der Waals surface area (Å²) in [5.74, 6) is 0. The van der Waals surface area contributed by atoms with E-state index in [9.17, 15) is 0 Å². The minimum atomic E-state index is 1.29. The quantitative estimate of drug-likeness (QED) is 0.390. The second-order valence-electron chi connectivity index (χ2n) is 5.73. The molecule has 1 aliphatic rings. The van der Waals surface area contributed by atoms with Gasteiger partial charge in [-0.2, -0.15) is 0 Å². The van der Waals surface area contributed by atoms with E-state index in [0.717, 1.165) is 0 Å². The van der Waals surface area contributed by atoms with Gasteiger partial charge >= 0.3 is 0 Å². The highest BCUT2D eigenvalue weighted by atomic mass is 15.1. The minimum absolute atomic E-state index is 1.29. The van der Waals surface area contributed by atoms with Crippen LogP contribution >= 0.6 is 0 Å². The van der Waals surface area contributed by atoms with E-state index in [2.05, 4.69) is 71.7 Å². The monoisotopic (exact) mass is 258 g/mol. The Hall–Kier alpha value is -2.48. The van der Waals surface area contributed by atoms with Crippen LogP contribution in [0.1, 0.15) is 5.56 Å². The number of aryl methyl sites for hydroxylation is 2. The van der Waals surface area contributed by atoms with Crippen LogP contribution in [0.4, 0.5) is 0 Å². The Balaban J connectivity index is 2.14. The van der Waals surface area contributed by atoms with Crippen LogP contribution in [0, 0.1) is 6.92 Å². The standard InChI is InChI=1S/C18H14N2/c1-11-6-7-12-13-4-3-5-15-16(13)17(14(12)10-11)18-19(2)8-9-20(15)18/h3-10H,1-2H3. The summed E-state index contributed by atoms with van der Waals surface area (Å²) in [5.41, 5.74) is 9.42. The van der Waals surface area contributed by atoms with E-state index in [0.29, 0.717) is 0 Å². The Morgan fingerprint density at radius 1 is 0.900 bits per heavy atom. The summed E-state index contributed by atoms with van der Waals surface area (Å²) >= 11 is 0. The van der Waals surface area contributed by atoms with Gasteiger partial charge in [0, 0.05) is 30.4 Å². The molecule has 2 nitrogen and oxygen atoms in total. The molecule has 0 atom stereocenters. The molecule has 0 unspecified atom stereocenters. The van der Waals surface area contributed by atoms with Gasteiger partial charge in [-0.1, -0.05) is 35.9 Å². The molecule has 2 heteroatoms. The number of rotatable bonds is 0. The van der Waals surface area contributed by atoms with Crippen molar-refractivity contribution in [3.63, 3.8) is 0 Å². The van der Waals surface area contributed by atoms with Crippen molar-refractivity contribution >= 4 is 16.6 Å². The van der Waals surface area contributed by atoms with E-state index in [1.54, 1.807) is 0 Å². The van der Waals surface area contributed by atoms with Crippen LogP contribution in [-0.2, 0) is 7.05 Å². The molecule has 96 valence electrons. The molecule has 0 aliphatic heterocycles. The van der Waals surface area contributed by atoms with Gasteiger partial charge in [0.25, 0.3) is 0 Å². The zero-order valence-corrected chi connectivity index (χ0v) is 11.5. The Morgan fingerprint density at radius 2 is 1.80 bits per heavy atom. The van der Waals surface area contributed by atoms with E-state index in [4.69, 9.17) is 0 Å². The Bertz CT molecular complexity index is 1010. The van der Waals surface area contributed by atoms with Crippen molar-refractivity contribution in [3.8, 4) is 22.3 Å². The first kappa shape index (κ1) is 10.3. The molecule has 20 heavy (non-hydrogen) atoms. The molecular weight excluding hydrogens is 244 g/mol. The van der Waals surface area contributed by atoms with Crippen LogP contribution in [0.2, 0.25) is 0 Å². The number of imidazole rings is 1. The fourth-order valence-corrected chi connectivity index (χ4v) is 3.66. The molecule has 0 spiro atoms. The van der Waals surface area contributed by atoms with Gasteiger partial charge in [-0.15, -0.1) is 0 Å². The second kappa shape index (κ2) is 3.15. The van der Waals surface area contributed by atoms with Gasteiger partial charge < -0.3 is 8.97 Å². The first-order chi connectivity index (χ1) is 9.75. The van der Waals surface area contributed by atoms with E-state index < -0.39 is 0 Å². The van der Waals surface area contributed by atoms with Crippen molar-refractivity contribution in [3.05, 3.63) is 54.4 Å². The lowest BCUT2D eigenvalue weighted by Crippen LogP contribution is -1.88. The normalized spacial score (nSPS) is 12.5. The molecule has 0 saturated heterocycles. The highest BCUT2D eigenvalue weighted by Gasteiger charge is 2.27. The predicted molar refractivity (Wildman–Crippen MR) is 83.0 cm³/mol. The van der Waals surface area contributed by atoms with Crippen molar-refractivity contribution in [1.29, 1.82) is 0 Å². The second-order valence-corrected chi connectivity index (χ2v) is 5.73. The summed E-state index contributed by atoms with van der Waals surface area (Å²) in [6.07, 6.45) is 4.29. The maximum absolute atomic E-state index is 2.32. The molecule has 2 heterocycles. The van der Waals surface area contributed by atoms with Crippen molar-refractivity contribution in [2.24, 2.45) is 7.05 Å². The third-order valence-electron chi connectivity index (χ3n) is 4.51. The molecule has 1 aliphatic carbocycles. The zero-order chi connectivity index (χ0) is 13.4. The lowest BCUT2D eigenvalue weighted by Gasteiger charge is -2.05. The SMILES string of the molecule is Cc1ccc2c(c1)-c1c3c-2cccc3n2ccn(C)c12. The summed E-state index contributed by atoms with van der Waals surface area (Å²) in [4.78, 5) is 0. The van der Waals surface area contributed by atoms with Crippen LogP contribution < -0.4 is 0 Å². The molecular formula is C18H14N2. The third-order valence-corrected chi connectivity index (χ3v) is 4.51. The molecule has 5 rings (SSSR count). The first-order valence-corrected chi connectivity index (χ1v) is 6.95. The molecule has 2 aromatic carbocycles. The van der Waals surface area contributed by atoms with Crippen LogP contribution in [0.25, 0.3) is 38.8 Å². The van der Waals surface area contributed by atoms with Crippen LogP contribution in [0.5, 0.6) is 0 Å². The van der Waals surface area contributed by atoms with Gasteiger partial charge in [-0.3, -0.25) is 0 Å². The molecule has 0 saturated carbocycles. The molecule has 0 radical (unpaired) electrons. The Morgan fingerprint density at radius 3 is 2.70 bits per heavy atom. The summed E-state index contributed by atoms with van der Waals surface area (Å²) < 4.78 is 4.52. The Kier molecular flexibility index (Phi) is 1.63. The van der Waals surface area contributed by atoms with Gasteiger partial charge in [0.05, 0.1) is 5.52 Å². The lowest BCUT2D eigenvalue weighted by molar-refractivity contribution is 0.961. The van der Waals surface area contributed by atoms with E-state index in [1.165, 1.54) is 44.4 Å². The van der Waals surface area contributed by atoms with Crippen LogP contribution in [0.15, 0.2) is 48.8 Å². The fraction of sp³-hybridized carbons (Fsp3) is 0.111. The first-order valence-electron chi connectivity index (χ1n) is 6.95. The Labute approximate surface area is 116 Å². The van der Waals surface area contributed by atoms with Crippen molar-refractivity contribution in [2.75, 3.05) is 0 Å². The van der Waals surface area contributed by atoms with E-state index in [-0.39, 0.29) is 0 Å². The van der Waals surface area contributed by atoms with Crippen molar-refractivity contribution < 1.29 is 0 Å². The van der Waals surface area contributed by atoms with Crippen LogP contribution in [-0.4, -0.2) is 8.97 Å². The fourth-order valence-electron chi connectivity index (χ4n) is 3.66. The zero-order valence-electron chi connectivity index (χ0n) is 11.5. The van der Waals surface area contributed by atoms with Gasteiger partial charge in [0.2, 0.25) is 0 Å². The minimum Gasteiger partial charge on any atom is -0.335 e. The molecule has 4 aromatic rings. The molecule has 0 amide bonds. The van der Waals surface area contributed by atoms with E-state index in [1.807, 2.05) is 0 Å². The van der Waals surface area contributed by atoms with Gasteiger partial charge in [0.1, 0.15) is 5.65 Å². The highest BCUT2D eigenvalue weighted by molar-refractivity contribution is 6.20. The molecule has 0 fully saturated rings. The van der Waals surface area contributed by atoms with Gasteiger partial charge in [0.15, 0.2) is 0 Å². The average molecular weight is 258 g/mol. The highest BCUT2D eigenvalue weighted by Crippen LogP contribution is 2.50. The number of hydrogen-bond donors (Lipinski definition) is 0. The molecule has 0 bridgehead atoms. The summed E-state index contributed by atoms with van der Waals surface area (Å²) in [6, 6.07) is 13.4. The number of fused-ring (bicyclic) bond motifs is 6. The van der Waals surface area contributed by atoms with Gasteiger partial charge in [-0.25, -0.2) is 0 Å². The number of hydrogen-bond acceptors (Lipinski definition) is 0. The maximum atomic E-state index is 2.32. The summed E-state index contributed by atoms with van der Waals surface area (Å²) in [6.45, 7) is 2.17. The van der Waals surface area contributed by atoms with Crippen molar-refractivity contribution in [1.82, 2.24) is 8.97 Å². The van der Waals surface area contributed by atoms with Gasteiger partial charge in [-0.05, 0) is 29.7 Å². The molecule has 0 N–H and O–H groups in total. The maximum Gasteiger partial charge on any atom is 0.125 e. The average Bonchev–Trinajstić information content (AvgIpc) is 3.06. The number of nitrogens with zero attached hydrogens (tertiary/aromatic N) is 2. The number of aromatic nitrogens is 2. The topological polar surface area (TPSA) is 9.34 Å². The van der Waals surface area contributed by atoms with E-state index >= 15 is 0 Å². The van der Waals surface area contributed by atoms with Crippen LogP contribution in [0.3, 0.4) is 0 Å². The van der Waals surface area contributed by atoms with Crippen molar-refractivity contribution in [2.45, 2.75) is 6.92 Å². The summed E-state index contributed by atoms with van der Waals surface area (Å²) in [7, 11) is 2.12. The molecule has 2 aromatic heterocycles. The predicted octanol–water partition coefficient (Wildman–Crippen LogP) is 4.39. The summed E-state index contributed by atoms with van der Waals surface area (Å²) in [5, 5.41) is 1.40. The lowest BCUT2D eigenvalue weighted by atomic mass is 10.0. The third kappa shape index (κ3) is 0.989. The largest absolute Gasteiger partial charge is 0.335 e. The number of benzene rings is 2. The smallest absolute Gasteiger partial charge is 0.125 e.